The molecule has 2 aliphatic heterocycles. The van der Waals surface area contributed by atoms with Crippen LogP contribution in [0.5, 0.6) is 0 Å². The number of rotatable bonds is 3. The molecule has 8 heteroatoms. The summed E-state index contributed by atoms with van der Waals surface area (Å²) >= 11 is 0. The molecule has 0 radical (unpaired) electrons. The Morgan fingerprint density at radius 3 is 2.85 bits per heavy atom. The van der Waals surface area contributed by atoms with Crippen molar-refractivity contribution >= 4 is 17.7 Å². The highest BCUT2D eigenvalue weighted by Gasteiger charge is 2.26. The van der Waals surface area contributed by atoms with Gasteiger partial charge in [0.1, 0.15) is 5.82 Å². The van der Waals surface area contributed by atoms with Crippen LogP contribution in [0.25, 0.3) is 0 Å². The number of likely N-dealkylation sites (tertiary alicyclic amines) is 1. The normalized spacial score (nSPS) is 18.2. The van der Waals surface area contributed by atoms with Gasteiger partial charge >= 0.3 is 0 Å². The van der Waals surface area contributed by atoms with Crippen LogP contribution >= 0.6 is 0 Å². The SMILES string of the molecule is Nc1nc2c(c(NC3CCN(C(=O)c4ccco4)CC3)n1)CCNCC2. The lowest BCUT2D eigenvalue weighted by Crippen LogP contribution is -2.42. The van der Waals surface area contributed by atoms with Crippen LogP contribution in [-0.4, -0.2) is 53.0 Å². The molecule has 1 amide bonds. The minimum absolute atomic E-state index is 0.0420. The molecule has 8 nitrogen and oxygen atoms in total. The third kappa shape index (κ3) is 3.50. The van der Waals surface area contributed by atoms with Gasteiger partial charge in [0.25, 0.3) is 5.91 Å². The predicted octanol–water partition coefficient (Wildman–Crippen LogP) is 1.06. The molecule has 0 bridgehead atoms. The summed E-state index contributed by atoms with van der Waals surface area (Å²) in [5, 5.41) is 6.94. The van der Waals surface area contributed by atoms with Gasteiger partial charge in [-0.1, -0.05) is 0 Å². The number of nitrogen functional groups attached to an aromatic ring is 1. The van der Waals surface area contributed by atoms with E-state index in [4.69, 9.17) is 10.2 Å². The fourth-order valence-corrected chi connectivity index (χ4v) is 3.66. The Morgan fingerprint density at radius 1 is 1.27 bits per heavy atom. The predicted molar refractivity (Wildman–Crippen MR) is 98.0 cm³/mol. The highest BCUT2D eigenvalue weighted by molar-refractivity contribution is 5.91. The van der Waals surface area contributed by atoms with E-state index in [9.17, 15) is 4.79 Å². The van der Waals surface area contributed by atoms with Gasteiger partial charge in [0, 0.05) is 37.7 Å². The van der Waals surface area contributed by atoms with E-state index < -0.39 is 0 Å². The van der Waals surface area contributed by atoms with Gasteiger partial charge in [-0.15, -0.1) is 0 Å². The molecule has 1 fully saturated rings. The lowest BCUT2D eigenvalue weighted by molar-refractivity contribution is 0.0686. The number of carbonyl (C=O) groups excluding carboxylic acids is 1. The molecule has 0 spiro atoms. The van der Waals surface area contributed by atoms with Crippen molar-refractivity contribution in [3.8, 4) is 0 Å². The first-order valence-corrected chi connectivity index (χ1v) is 9.16. The van der Waals surface area contributed by atoms with E-state index in [1.165, 1.54) is 11.8 Å². The van der Waals surface area contributed by atoms with E-state index in [2.05, 4.69) is 20.6 Å². The van der Waals surface area contributed by atoms with Gasteiger partial charge in [-0.2, -0.15) is 4.98 Å². The summed E-state index contributed by atoms with van der Waals surface area (Å²) in [6.45, 7) is 3.23. The molecule has 4 N–H and O–H groups in total. The van der Waals surface area contributed by atoms with Crippen molar-refractivity contribution in [3.63, 3.8) is 0 Å². The summed E-state index contributed by atoms with van der Waals surface area (Å²) in [6, 6.07) is 3.71. The highest BCUT2D eigenvalue weighted by Crippen LogP contribution is 2.24. The van der Waals surface area contributed by atoms with E-state index in [1.54, 1.807) is 12.1 Å². The molecular formula is C18H24N6O2. The maximum atomic E-state index is 12.4. The van der Waals surface area contributed by atoms with Crippen molar-refractivity contribution in [3.05, 3.63) is 35.4 Å². The minimum Gasteiger partial charge on any atom is -0.459 e. The second-order valence-electron chi connectivity index (χ2n) is 6.79. The van der Waals surface area contributed by atoms with Gasteiger partial charge in [-0.25, -0.2) is 4.98 Å². The standard InChI is InChI=1S/C18H24N6O2/c19-18-22-14-4-8-20-7-3-13(14)16(23-18)21-12-5-9-24(10-6-12)17(25)15-2-1-11-26-15/h1-2,11-12,20H,3-10H2,(H3,19,21,22,23). The summed E-state index contributed by atoms with van der Waals surface area (Å²) in [4.78, 5) is 23.1. The smallest absolute Gasteiger partial charge is 0.289 e. The Morgan fingerprint density at radius 2 is 2.08 bits per heavy atom. The van der Waals surface area contributed by atoms with Gasteiger partial charge in [-0.3, -0.25) is 4.79 Å². The fourth-order valence-electron chi connectivity index (χ4n) is 3.66. The van der Waals surface area contributed by atoms with Crippen LogP contribution in [0.15, 0.2) is 22.8 Å². The van der Waals surface area contributed by atoms with Crippen molar-refractivity contribution in [1.29, 1.82) is 0 Å². The van der Waals surface area contributed by atoms with Gasteiger partial charge < -0.3 is 25.7 Å². The number of aromatic nitrogens is 2. The number of amides is 1. The molecule has 4 heterocycles. The van der Waals surface area contributed by atoms with Gasteiger partial charge in [0.15, 0.2) is 5.76 Å². The molecule has 0 saturated carbocycles. The van der Waals surface area contributed by atoms with Crippen LogP contribution in [0.3, 0.4) is 0 Å². The van der Waals surface area contributed by atoms with Crippen LogP contribution < -0.4 is 16.4 Å². The van der Waals surface area contributed by atoms with Crippen LogP contribution in [0, 0.1) is 0 Å². The number of furan rings is 1. The average molecular weight is 356 g/mol. The zero-order chi connectivity index (χ0) is 17.9. The fraction of sp³-hybridized carbons (Fsp3) is 0.500. The molecule has 2 aromatic heterocycles. The van der Waals surface area contributed by atoms with E-state index in [-0.39, 0.29) is 11.9 Å². The number of carbonyl (C=O) groups is 1. The van der Waals surface area contributed by atoms with E-state index in [0.29, 0.717) is 24.8 Å². The quantitative estimate of drug-likeness (QED) is 0.754. The Kier molecular flexibility index (Phi) is 4.75. The monoisotopic (exact) mass is 356 g/mol. The number of anilines is 2. The number of nitrogens with zero attached hydrogens (tertiary/aromatic N) is 3. The largest absolute Gasteiger partial charge is 0.459 e. The van der Waals surface area contributed by atoms with Gasteiger partial charge in [0.2, 0.25) is 5.95 Å². The maximum absolute atomic E-state index is 12.4. The number of hydrogen-bond donors (Lipinski definition) is 3. The van der Waals surface area contributed by atoms with Crippen molar-refractivity contribution in [2.24, 2.45) is 0 Å². The Bertz CT molecular complexity index is 768. The molecule has 0 unspecified atom stereocenters. The third-order valence-electron chi connectivity index (χ3n) is 5.06. The maximum Gasteiger partial charge on any atom is 0.289 e. The summed E-state index contributed by atoms with van der Waals surface area (Å²) in [5.74, 6) is 1.53. The summed E-state index contributed by atoms with van der Waals surface area (Å²) in [5.41, 5.74) is 8.11. The zero-order valence-electron chi connectivity index (χ0n) is 14.7. The lowest BCUT2D eigenvalue weighted by atomic mass is 10.0. The van der Waals surface area contributed by atoms with E-state index in [0.717, 1.165) is 50.3 Å². The lowest BCUT2D eigenvalue weighted by Gasteiger charge is -2.32. The first-order valence-electron chi connectivity index (χ1n) is 9.16. The number of piperidine rings is 1. The summed E-state index contributed by atoms with van der Waals surface area (Å²) in [6.07, 6.45) is 5.02. The zero-order valence-corrected chi connectivity index (χ0v) is 14.7. The highest BCUT2D eigenvalue weighted by atomic mass is 16.3. The number of nitrogens with two attached hydrogens (primary N) is 1. The Labute approximate surface area is 152 Å². The molecule has 1 saturated heterocycles. The molecule has 2 aliphatic rings. The number of nitrogens with one attached hydrogen (secondary N) is 2. The van der Waals surface area contributed by atoms with Crippen molar-refractivity contribution in [2.75, 3.05) is 37.2 Å². The molecular weight excluding hydrogens is 332 g/mol. The van der Waals surface area contributed by atoms with Crippen LogP contribution in [0.2, 0.25) is 0 Å². The Hall–Kier alpha value is -2.61. The molecule has 0 aliphatic carbocycles. The minimum atomic E-state index is -0.0420. The molecule has 0 atom stereocenters. The molecule has 26 heavy (non-hydrogen) atoms. The van der Waals surface area contributed by atoms with Crippen molar-refractivity contribution in [2.45, 2.75) is 31.7 Å². The molecule has 138 valence electrons. The molecule has 4 rings (SSSR count). The first kappa shape index (κ1) is 16.8. The second-order valence-corrected chi connectivity index (χ2v) is 6.79. The van der Waals surface area contributed by atoms with Crippen molar-refractivity contribution < 1.29 is 9.21 Å². The number of hydrogen-bond acceptors (Lipinski definition) is 7. The average Bonchev–Trinajstić information content (AvgIpc) is 3.08. The first-order chi connectivity index (χ1) is 12.7. The van der Waals surface area contributed by atoms with Crippen molar-refractivity contribution in [1.82, 2.24) is 20.2 Å². The van der Waals surface area contributed by atoms with E-state index in [1.807, 2.05) is 4.90 Å². The molecule has 2 aromatic rings. The summed E-state index contributed by atoms with van der Waals surface area (Å²) < 4.78 is 5.21. The van der Waals surface area contributed by atoms with E-state index >= 15 is 0 Å². The summed E-state index contributed by atoms with van der Waals surface area (Å²) in [7, 11) is 0. The third-order valence-corrected chi connectivity index (χ3v) is 5.06. The van der Waals surface area contributed by atoms with Gasteiger partial charge in [0.05, 0.1) is 12.0 Å². The molecule has 0 aromatic carbocycles. The number of fused-ring (bicyclic) bond motifs is 1. The Balaban J connectivity index is 1.42. The van der Waals surface area contributed by atoms with Crippen LogP contribution in [0.1, 0.15) is 34.7 Å². The second kappa shape index (κ2) is 7.33. The topological polar surface area (TPSA) is 109 Å². The van der Waals surface area contributed by atoms with Gasteiger partial charge in [-0.05, 0) is 37.9 Å². The van der Waals surface area contributed by atoms with Crippen LogP contribution in [-0.2, 0) is 12.8 Å². The van der Waals surface area contributed by atoms with Crippen LogP contribution in [0.4, 0.5) is 11.8 Å².